The van der Waals surface area contributed by atoms with Gasteiger partial charge in [0.25, 0.3) is 5.91 Å². The minimum absolute atomic E-state index is 0.0123. The van der Waals surface area contributed by atoms with Crippen LogP contribution >= 0.6 is 11.8 Å². The number of fused-ring (bicyclic) bond motifs is 1. The standard InChI is InChI=1S/C18H18N4OS/c1-24-18-16-20-11-15(22(16)10-9-19-18)12-5-7-13(8-6-12)17(23)21-14-3-2-4-14/h5-11,14H,2-4H2,1H3,(H,21,23). The van der Waals surface area contributed by atoms with Gasteiger partial charge in [-0.3, -0.25) is 9.20 Å². The molecule has 3 aromatic rings. The van der Waals surface area contributed by atoms with Gasteiger partial charge in [-0.1, -0.05) is 12.1 Å². The number of thioether (sulfide) groups is 1. The van der Waals surface area contributed by atoms with Crippen LogP contribution < -0.4 is 5.32 Å². The van der Waals surface area contributed by atoms with Crippen LogP contribution in [0, 0.1) is 0 Å². The molecule has 6 heteroatoms. The molecule has 2 heterocycles. The molecule has 1 amide bonds. The minimum atomic E-state index is 0.0123. The summed E-state index contributed by atoms with van der Waals surface area (Å²) in [6, 6.07) is 8.04. The Hall–Kier alpha value is -2.34. The normalized spacial score (nSPS) is 14.5. The van der Waals surface area contributed by atoms with Gasteiger partial charge in [-0.25, -0.2) is 9.97 Å². The third-order valence-electron chi connectivity index (χ3n) is 4.47. The van der Waals surface area contributed by atoms with Gasteiger partial charge in [0, 0.05) is 29.6 Å². The maximum absolute atomic E-state index is 12.2. The van der Waals surface area contributed by atoms with E-state index in [4.69, 9.17) is 0 Å². The number of amides is 1. The van der Waals surface area contributed by atoms with Crippen molar-refractivity contribution >= 4 is 23.3 Å². The third-order valence-corrected chi connectivity index (χ3v) is 5.15. The summed E-state index contributed by atoms with van der Waals surface area (Å²) in [7, 11) is 0. The Labute approximate surface area is 144 Å². The molecule has 0 aliphatic heterocycles. The lowest BCUT2D eigenvalue weighted by Gasteiger charge is -2.26. The Morgan fingerprint density at radius 1 is 1.25 bits per heavy atom. The summed E-state index contributed by atoms with van der Waals surface area (Å²) in [6.07, 6.45) is 10.9. The molecule has 0 unspecified atom stereocenters. The van der Waals surface area contributed by atoms with Crippen LogP contribution in [0.1, 0.15) is 29.6 Å². The summed E-state index contributed by atoms with van der Waals surface area (Å²) < 4.78 is 2.03. The van der Waals surface area contributed by atoms with E-state index in [1.807, 2.05) is 47.3 Å². The zero-order valence-electron chi connectivity index (χ0n) is 13.4. The first-order valence-electron chi connectivity index (χ1n) is 8.03. The Balaban J connectivity index is 1.62. The van der Waals surface area contributed by atoms with Crippen molar-refractivity contribution in [1.29, 1.82) is 0 Å². The number of carbonyl (C=O) groups excluding carboxylic acids is 1. The molecular formula is C18H18N4OS. The van der Waals surface area contributed by atoms with Crippen LogP contribution in [0.25, 0.3) is 16.9 Å². The monoisotopic (exact) mass is 338 g/mol. The molecule has 0 bridgehead atoms. The van der Waals surface area contributed by atoms with Crippen molar-refractivity contribution < 1.29 is 4.79 Å². The number of aromatic nitrogens is 3. The van der Waals surface area contributed by atoms with Crippen molar-refractivity contribution in [3.63, 3.8) is 0 Å². The molecule has 0 radical (unpaired) electrons. The van der Waals surface area contributed by atoms with Gasteiger partial charge in [-0.2, -0.15) is 0 Å². The Kier molecular flexibility index (Phi) is 3.98. The summed E-state index contributed by atoms with van der Waals surface area (Å²) in [5, 5.41) is 3.97. The highest BCUT2D eigenvalue weighted by Crippen LogP contribution is 2.25. The molecule has 122 valence electrons. The van der Waals surface area contributed by atoms with Gasteiger partial charge in [0.05, 0.1) is 11.9 Å². The molecule has 2 aromatic heterocycles. The number of nitrogens with zero attached hydrogens (tertiary/aromatic N) is 3. The lowest BCUT2D eigenvalue weighted by atomic mass is 9.93. The molecule has 0 atom stereocenters. The zero-order chi connectivity index (χ0) is 16.5. The van der Waals surface area contributed by atoms with Gasteiger partial charge in [0.15, 0.2) is 5.65 Å². The smallest absolute Gasteiger partial charge is 0.251 e. The first-order valence-corrected chi connectivity index (χ1v) is 9.26. The van der Waals surface area contributed by atoms with Gasteiger partial charge in [-0.05, 0) is 37.7 Å². The number of imidazole rings is 1. The molecule has 1 saturated carbocycles. The summed E-state index contributed by atoms with van der Waals surface area (Å²) in [6.45, 7) is 0. The second-order valence-electron chi connectivity index (χ2n) is 5.95. The fraction of sp³-hybridized carbons (Fsp3) is 0.278. The first-order chi connectivity index (χ1) is 11.8. The molecule has 1 aliphatic rings. The van der Waals surface area contributed by atoms with Crippen LogP contribution in [0.2, 0.25) is 0 Å². The van der Waals surface area contributed by atoms with E-state index < -0.39 is 0 Å². The van der Waals surface area contributed by atoms with Crippen LogP contribution in [0.3, 0.4) is 0 Å². The van der Waals surface area contributed by atoms with Crippen molar-refractivity contribution in [2.24, 2.45) is 0 Å². The predicted octanol–water partition coefficient (Wildman–Crippen LogP) is 3.40. The van der Waals surface area contributed by atoms with E-state index in [0.717, 1.165) is 34.8 Å². The molecule has 4 rings (SSSR count). The van der Waals surface area contributed by atoms with E-state index >= 15 is 0 Å². The van der Waals surface area contributed by atoms with Crippen LogP contribution in [-0.4, -0.2) is 32.6 Å². The first kappa shape index (κ1) is 15.2. The average Bonchev–Trinajstić information content (AvgIpc) is 3.02. The van der Waals surface area contributed by atoms with E-state index in [9.17, 15) is 4.79 Å². The number of nitrogens with one attached hydrogen (secondary N) is 1. The molecule has 24 heavy (non-hydrogen) atoms. The van der Waals surface area contributed by atoms with Crippen LogP contribution in [-0.2, 0) is 0 Å². The van der Waals surface area contributed by atoms with Crippen molar-refractivity contribution in [2.45, 2.75) is 30.3 Å². The highest BCUT2D eigenvalue weighted by atomic mass is 32.2. The van der Waals surface area contributed by atoms with Gasteiger partial charge in [-0.15, -0.1) is 11.8 Å². The Morgan fingerprint density at radius 3 is 2.71 bits per heavy atom. The van der Waals surface area contributed by atoms with E-state index in [1.54, 1.807) is 18.0 Å². The molecule has 0 saturated heterocycles. The van der Waals surface area contributed by atoms with Gasteiger partial charge >= 0.3 is 0 Å². The van der Waals surface area contributed by atoms with Crippen LogP contribution in [0.4, 0.5) is 0 Å². The fourth-order valence-corrected chi connectivity index (χ4v) is 3.37. The van der Waals surface area contributed by atoms with E-state index in [-0.39, 0.29) is 5.91 Å². The largest absolute Gasteiger partial charge is 0.349 e. The Morgan fingerprint density at radius 2 is 2.04 bits per heavy atom. The van der Waals surface area contributed by atoms with Gasteiger partial charge in [0.1, 0.15) is 5.03 Å². The average molecular weight is 338 g/mol. The molecule has 1 aliphatic carbocycles. The van der Waals surface area contributed by atoms with E-state index in [1.165, 1.54) is 6.42 Å². The second-order valence-corrected chi connectivity index (χ2v) is 6.75. The quantitative estimate of drug-likeness (QED) is 0.741. The number of carbonyl (C=O) groups is 1. The molecule has 5 nitrogen and oxygen atoms in total. The van der Waals surface area contributed by atoms with Gasteiger partial charge < -0.3 is 5.32 Å². The minimum Gasteiger partial charge on any atom is -0.349 e. The second kappa shape index (κ2) is 6.28. The topological polar surface area (TPSA) is 59.3 Å². The number of hydrogen-bond donors (Lipinski definition) is 1. The van der Waals surface area contributed by atoms with Crippen LogP contribution in [0.5, 0.6) is 0 Å². The number of benzene rings is 1. The highest BCUT2D eigenvalue weighted by Gasteiger charge is 2.20. The zero-order valence-corrected chi connectivity index (χ0v) is 14.2. The van der Waals surface area contributed by atoms with Crippen LogP contribution in [0.15, 0.2) is 47.9 Å². The maximum Gasteiger partial charge on any atom is 0.251 e. The molecular weight excluding hydrogens is 320 g/mol. The maximum atomic E-state index is 12.2. The molecule has 0 spiro atoms. The lowest BCUT2D eigenvalue weighted by Crippen LogP contribution is -2.39. The van der Waals surface area contributed by atoms with Crippen molar-refractivity contribution in [2.75, 3.05) is 6.26 Å². The fourth-order valence-electron chi connectivity index (χ4n) is 2.87. The van der Waals surface area contributed by atoms with Crippen molar-refractivity contribution in [1.82, 2.24) is 19.7 Å². The third kappa shape index (κ3) is 2.67. The lowest BCUT2D eigenvalue weighted by molar-refractivity contribution is 0.0917. The van der Waals surface area contributed by atoms with E-state index in [0.29, 0.717) is 11.6 Å². The van der Waals surface area contributed by atoms with Crippen molar-refractivity contribution in [3.05, 3.63) is 48.4 Å². The molecule has 1 fully saturated rings. The SMILES string of the molecule is CSc1nccn2c(-c3ccc(C(=O)NC4CCC4)cc3)cnc12. The van der Waals surface area contributed by atoms with Gasteiger partial charge in [0.2, 0.25) is 0 Å². The number of rotatable bonds is 4. The summed E-state index contributed by atoms with van der Waals surface area (Å²) >= 11 is 1.58. The molecule has 1 N–H and O–H groups in total. The molecule has 1 aromatic carbocycles. The summed E-state index contributed by atoms with van der Waals surface area (Å²) in [5.74, 6) is 0.0123. The predicted molar refractivity (Wildman–Crippen MR) is 95.3 cm³/mol. The van der Waals surface area contributed by atoms with E-state index in [2.05, 4.69) is 15.3 Å². The summed E-state index contributed by atoms with van der Waals surface area (Å²) in [5.41, 5.74) is 3.58. The summed E-state index contributed by atoms with van der Waals surface area (Å²) in [4.78, 5) is 21.0. The number of hydrogen-bond acceptors (Lipinski definition) is 4. The van der Waals surface area contributed by atoms with Crippen molar-refractivity contribution in [3.8, 4) is 11.3 Å². The highest BCUT2D eigenvalue weighted by molar-refractivity contribution is 7.98. The Bertz CT molecular complexity index is 884.